The molecule has 0 aliphatic carbocycles. The van der Waals surface area contributed by atoms with Gasteiger partial charge in [0.1, 0.15) is 0 Å². The fraction of sp³-hybridized carbons (Fsp3) is 0.182. The molecule has 0 aliphatic rings. The van der Waals surface area contributed by atoms with Gasteiger partial charge in [0, 0.05) is 7.05 Å². The van der Waals surface area contributed by atoms with E-state index in [0.29, 0.717) is 0 Å². The van der Waals surface area contributed by atoms with E-state index in [2.05, 4.69) is 6.07 Å². The molecule has 0 atom stereocenters. The summed E-state index contributed by atoms with van der Waals surface area (Å²) < 4.78 is 3.38. The molecule has 0 fully saturated rings. The maximum absolute atomic E-state index is 11.5. The van der Waals surface area contributed by atoms with Crippen molar-refractivity contribution in [2.24, 2.45) is 7.05 Å². The van der Waals surface area contributed by atoms with E-state index < -0.39 is 0 Å². The first-order valence-corrected chi connectivity index (χ1v) is 4.43. The third kappa shape index (κ3) is 2.09. The monoisotopic (exact) mass is 194 g/mol. The van der Waals surface area contributed by atoms with Gasteiger partial charge in [-0.2, -0.15) is 0 Å². The molecule has 0 unspecified atom stereocenters. The van der Waals surface area contributed by atoms with Gasteiger partial charge in [0.05, 0.1) is 11.2 Å². The van der Waals surface area contributed by atoms with Crippen LogP contribution in [0, 0.1) is 13.0 Å². The van der Waals surface area contributed by atoms with E-state index in [4.69, 9.17) is 0 Å². The molecule has 72 valence electrons. The molecule has 0 saturated carbocycles. The summed E-state index contributed by atoms with van der Waals surface area (Å²) in [5.41, 5.74) is 1.58. The average molecular weight is 194 g/mol. The summed E-state index contributed by atoms with van der Waals surface area (Å²) in [7, 11) is 1.85. The number of nitrogens with zero attached hydrogens (tertiary/aromatic N) is 2. The van der Waals surface area contributed by atoms with Crippen LogP contribution in [0.3, 0.4) is 0 Å². The Morgan fingerprint density at radius 2 is 1.80 bits per heavy atom. The Labute approximate surface area is 100 Å². The molecule has 0 radical (unpaired) electrons. The van der Waals surface area contributed by atoms with Gasteiger partial charge in [-0.15, -0.1) is 5.69 Å². The third-order valence-corrected chi connectivity index (χ3v) is 2.27. The Morgan fingerprint density at radius 3 is 2.27 bits per heavy atom. The van der Waals surface area contributed by atoms with Crippen LogP contribution in [0.5, 0.6) is 0 Å². The van der Waals surface area contributed by atoms with Crippen molar-refractivity contribution in [3.05, 3.63) is 52.4 Å². The Hall–Kier alpha value is -1.17. The summed E-state index contributed by atoms with van der Waals surface area (Å²) >= 11 is 0. The van der Waals surface area contributed by atoms with Crippen molar-refractivity contribution in [1.29, 1.82) is 0 Å². The van der Waals surface area contributed by atoms with Crippen molar-refractivity contribution < 1.29 is 18.9 Å². The molecule has 3 nitrogen and oxygen atoms in total. The van der Waals surface area contributed by atoms with E-state index in [-0.39, 0.29) is 24.4 Å². The second-order valence-electron chi connectivity index (χ2n) is 3.19. The van der Waals surface area contributed by atoms with E-state index in [1.54, 1.807) is 9.36 Å². The van der Waals surface area contributed by atoms with E-state index in [1.165, 1.54) is 0 Å². The molecule has 2 aromatic rings. The predicted molar refractivity (Wildman–Crippen MR) is 54.6 cm³/mol. The quantitative estimate of drug-likeness (QED) is 0.392. The minimum atomic E-state index is -0.115. The van der Waals surface area contributed by atoms with Crippen molar-refractivity contribution >= 4 is 0 Å². The number of para-hydroxylation sites is 1. The molecule has 4 heteroatoms. The Morgan fingerprint density at radius 1 is 1.20 bits per heavy atom. The predicted octanol–water partition coefficient (Wildman–Crippen LogP) is -1.71. The Balaban J connectivity index is 0.00000112. The van der Waals surface area contributed by atoms with E-state index in [0.717, 1.165) is 11.4 Å². The number of hydrogen-bond donors (Lipinski definition) is 0. The zero-order valence-corrected chi connectivity index (χ0v) is 9.19. The zero-order valence-electron chi connectivity index (χ0n) is 9.19. The summed E-state index contributed by atoms with van der Waals surface area (Å²) in [5.74, 6) is 0. The fourth-order valence-electron chi connectivity index (χ4n) is 1.43. The molecular formula is C11H11LiN2O. The molecule has 0 N–H and O–H groups in total. The van der Waals surface area contributed by atoms with Crippen LogP contribution in [0.25, 0.3) is 5.69 Å². The zero-order chi connectivity index (χ0) is 10.1. The van der Waals surface area contributed by atoms with E-state index >= 15 is 0 Å². The number of benzene rings is 1. The van der Waals surface area contributed by atoms with Crippen molar-refractivity contribution in [1.82, 2.24) is 9.36 Å². The SMILES string of the molecule is Cc1[c-]c(=O)n(-c2ccccc2)n1C.[Li+]. The van der Waals surface area contributed by atoms with Crippen molar-refractivity contribution in [2.75, 3.05) is 0 Å². The third-order valence-electron chi connectivity index (χ3n) is 2.27. The molecule has 0 bridgehead atoms. The maximum atomic E-state index is 11.5. The largest absolute Gasteiger partial charge is 1.00 e. The topological polar surface area (TPSA) is 26.9 Å². The molecule has 0 spiro atoms. The van der Waals surface area contributed by atoms with Crippen LogP contribution in [0.1, 0.15) is 5.69 Å². The molecule has 15 heavy (non-hydrogen) atoms. The van der Waals surface area contributed by atoms with Gasteiger partial charge in [-0.25, -0.2) is 0 Å². The summed E-state index contributed by atoms with van der Waals surface area (Å²) in [6.07, 6.45) is 0. The van der Waals surface area contributed by atoms with Gasteiger partial charge >= 0.3 is 18.9 Å². The van der Waals surface area contributed by atoms with Crippen molar-refractivity contribution in [3.8, 4) is 5.69 Å². The van der Waals surface area contributed by atoms with Gasteiger partial charge < -0.3 is 15.5 Å². The van der Waals surface area contributed by atoms with Gasteiger partial charge in [-0.3, -0.25) is 4.68 Å². The van der Waals surface area contributed by atoms with Crippen LogP contribution >= 0.6 is 0 Å². The van der Waals surface area contributed by atoms with Crippen LogP contribution in [-0.4, -0.2) is 9.36 Å². The second-order valence-corrected chi connectivity index (χ2v) is 3.19. The maximum Gasteiger partial charge on any atom is 1.00 e. The minimum Gasteiger partial charge on any atom is -0.380 e. The molecule has 1 aromatic carbocycles. The molecule has 0 saturated heterocycles. The summed E-state index contributed by atoms with van der Waals surface area (Å²) in [4.78, 5) is 11.5. The molecule has 0 amide bonds. The molecule has 2 rings (SSSR count). The van der Waals surface area contributed by atoms with Gasteiger partial charge in [0.25, 0.3) is 0 Å². The van der Waals surface area contributed by atoms with E-state index in [1.807, 2.05) is 44.3 Å². The van der Waals surface area contributed by atoms with Gasteiger partial charge in [0.15, 0.2) is 0 Å². The summed E-state index contributed by atoms with van der Waals surface area (Å²) in [6, 6.07) is 12.3. The molecule has 0 aliphatic heterocycles. The number of hydrogen-bond acceptors (Lipinski definition) is 1. The standard InChI is InChI=1S/C11H11N2O.Li/c1-9-8-11(14)13(12(9)2)10-6-4-3-5-7-10;/h3-7H,1-2H3;/q-1;+1. The van der Waals surface area contributed by atoms with Crippen LogP contribution in [0.2, 0.25) is 0 Å². The second kappa shape index (κ2) is 4.56. The van der Waals surface area contributed by atoms with E-state index in [9.17, 15) is 4.79 Å². The normalized spacial score (nSPS) is 9.73. The summed E-state index contributed by atoms with van der Waals surface area (Å²) in [6.45, 7) is 1.86. The van der Waals surface area contributed by atoms with Crippen LogP contribution in [-0.2, 0) is 7.05 Å². The van der Waals surface area contributed by atoms with Crippen molar-refractivity contribution in [2.45, 2.75) is 6.92 Å². The fourth-order valence-corrected chi connectivity index (χ4v) is 1.43. The van der Waals surface area contributed by atoms with Gasteiger partial charge in [-0.05, 0) is 12.1 Å². The van der Waals surface area contributed by atoms with Crippen LogP contribution < -0.4 is 24.4 Å². The first-order valence-electron chi connectivity index (χ1n) is 4.43. The number of rotatable bonds is 1. The average Bonchev–Trinajstić information content (AvgIpc) is 2.43. The first kappa shape index (κ1) is 11.9. The van der Waals surface area contributed by atoms with Crippen LogP contribution in [0.15, 0.2) is 35.1 Å². The van der Waals surface area contributed by atoms with Gasteiger partial charge in [-0.1, -0.05) is 25.1 Å². The summed E-state index contributed by atoms with van der Waals surface area (Å²) in [5, 5.41) is 0. The smallest absolute Gasteiger partial charge is 0.380 e. The Kier molecular flexibility index (Phi) is 3.62. The van der Waals surface area contributed by atoms with Gasteiger partial charge in [0.2, 0.25) is 0 Å². The first-order chi connectivity index (χ1) is 6.70. The minimum absolute atomic E-state index is 0. The Bertz CT molecular complexity index is 499. The molecular weight excluding hydrogens is 183 g/mol. The molecule has 1 heterocycles. The number of aryl methyl sites for hydroxylation is 1. The van der Waals surface area contributed by atoms with Crippen molar-refractivity contribution in [3.63, 3.8) is 0 Å². The molecule has 1 aromatic heterocycles. The number of aromatic nitrogens is 2. The van der Waals surface area contributed by atoms with Crippen LogP contribution in [0.4, 0.5) is 0 Å².